The van der Waals surface area contributed by atoms with E-state index in [0.29, 0.717) is 31.9 Å². The Morgan fingerprint density at radius 2 is 2.42 bits per heavy atom. The zero-order valence-corrected chi connectivity index (χ0v) is 11.1. The number of hydrogen-bond donors (Lipinski definition) is 1. The molecule has 0 radical (unpaired) electrons. The van der Waals surface area contributed by atoms with Gasteiger partial charge in [0.25, 0.3) is 5.91 Å². The molecule has 0 spiro atoms. The van der Waals surface area contributed by atoms with Gasteiger partial charge in [-0.25, -0.2) is 0 Å². The van der Waals surface area contributed by atoms with Gasteiger partial charge in [-0.3, -0.25) is 4.79 Å². The van der Waals surface area contributed by atoms with Crippen molar-refractivity contribution in [3.05, 3.63) is 35.4 Å². The summed E-state index contributed by atoms with van der Waals surface area (Å²) in [5, 5.41) is 0. The molecule has 0 saturated carbocycles. The maximum atomic E-state index is 12.4. The molecular weight excluding hydrogens is 240 g/mol. The highest BCUT2D eigenvalue weighted by Gasteiger charge is 2.24. The second kappa shape index (κ2) is 6.37. The van der Waals surface area contributed by atoms with Gasteiger partial charge in [-0.1, -0.05) is 17.9 Å². The number of rotatable bonds is 1. The molecule has 1 aromatic rings. The first-order valence-electron chi connectivity index (χ1n) is 6.40. The van der Waals surface area contributed by atoms with Gasteiger partial charge in [0.05, 0.1) is 25.8 Å². The third-order valence-electron chi connectivity index (χ3n) is 3.07. The van der Waals surface area contributed by atoms with Gasteiger partial charge in [0.1, 0.15) is 0 Å². The molecule has 2 rings (SSSR count). The Morgan fingerprint density at radius 1 is 1.58 bits per heavy atom. The van der Waals surface area contributed by atoms with Crippen LogP contribution < -0.4 is 5.73 Å². The van der Waals surface area contributed by atoms with Gasteiger partial charge in [0.15, 0.2) is 0 Å². The summed E-state index contributed by atoms with van der Waals surface area (Å²) in [5.41, 5.74) is 6.83. The Bertz CT molecular complexity index is 516. The smallest absolute Gasteiger partial charge is 0.254 e. The van der Waals surface area contributed by atoms with E-state index in [2.05, 4.69) is 11.8 Å². The number of hydrogen-bond acceptors (Lipinski definition) is 3. The lowest BCUT2D eigenvalue weighted by Crippen LogP contribution is -2.47. The maximum Gasteiger partial charge on any atom is 0.254 e. The number of benzene rings is 1. The molecule has 0 bridgehead atoms. The van der Waals surface area contributed by atoms with Crippen molar-refractivity contribution < 1.29 is 9.53 Å². The highest BCUT2D eigenvalue weighted by Crippen LogP contribution is 2.13. The standard InChI is InChI=1S/C15H18N2O2/c1-12-11-19-9-8-17(12)15(18)14-6-2-4-13(10-14)5-3-7-16/h2,4,6,10,12H,7-9,11,16H2,1H3. The third-order valence-corrected chi connectivity index (χ3v) is 3.07. The Kier molecular flexibility index (Phi) is 4.56. The average molecular weight is 258 g/mol. The zero-order valence-electron chi connectivity index (χ0n) is 11.1. The first kappa shape index (κ1) is 13.6. The molecule has 1 aromatic carbocycles. The molecule has 1 aliphatic rings. The van der Waals surface area contributed by atoms with Crippen LogP contribution in [-0.4, -0.2) is 43.2 Å². The fraction of sp³-hybridized carbons (Fsp3) is 0.400. The lowest BCUT2D eigenvalue weighted by molar-refractivity contribution is 0.00359. The molecule has 0 aliphatic carbocycles. The van der Waals surface area contributed by atoms with Crippen LogP contribution >= 0.6 is 0 Å². The molecule has 1 unspecified atom stereocenters. The first-order valence-corrected chi connectivity index (χ1v) is 6.40. The van der Waals surface area contributed by atoms with Crippen molar-refractivity contribution in [1.82, 2.24) is 4.90 Å². The summed E-state index contributed by atoms with van der Waals surface area (Å²) < 4.78 is 5.34. The monoisotopic (exact) mass is 258 g/mol. The van der Waals surface area contributed by atoms with Crippen molar-refractivity contribution in [1.29, 1.82) is 0 Å². The third kappa shape index (κ3) is 3.34. The largest absolute Gasteiger partial charge is 0.377 e. The molecule has 4 heteroatoms. The Hall–Kier alpha value is -1.83. The van der Waals surface area contributed by atoms with Gasteiger partial charge >= 0.3 is 0 Å². The second-order valence-electron chi connectivity index (χ2n) is 4.51. The summed E-state index contributed by atoms with van der Waals surface area (Å²) in [6, 6.07) is 7.46. The molecule has 100 valence electrons. The van der Waals surface area contributed by atoms with Crippen LogP contribution in [0.3, 0.4) is 0 Å². The molecule has 1 heterocycles. The fourth-order valence-electron chi connectivity index (χ4n) is 2.08. The minimum Gasteiger partial charge on any atom is -0.377 e. The second-order valence-corrected chi connectivity index (χ2v) is 4.51. The zero-order chi connectivity index (χ0) is 13.7. The summed E-state index contributed by atoms with van der Waals surface area (Å²) in [7, 11) is 0. The SMILES string of the molecule is CC1COCCN1C(=O)c1cccc(C#CCN)c1. The van der Waals surface area contributed by atoms with E-state index >= 15 is 0 Å². The molecule has 19 heavy (non-hydrogen) atoms. The minimum atomic E-state index is 0.0344. The molecule has 0 aromatic heterocycles. The summed E-state index contributed by atoms with van der Waals surface area (Å²) in [5.74, 6) is 5.77. The van der Waals surface area contributed by atoms with E-state index in [0.717, 1.165) is 5.56 Å². The predicted molar refractivity (Wildman–Crippen MR) is 73.7 cm³/mol. The molecule has 1 amide bonds. The van der Waals surface area contributed by atoms with Crippen molar-refractivity contribution >= 4 is 5.91 Å². The average Bonchev–Trinajstić information content (AvgIpc) is 2.45. The summed E-state index contributed by atoms with van der Waals surface area (Å²) >= 11 is 0. The van der Waals surface area contributed by atoms with Gasteiger partial charge in [-0.15, -0.1) is 0 Å². The molecule has 1 atom stereocenters. The van der Waals surface area contributed by atoms with E-state index in [1.165, 1.54) is 0 Å². The molecule has 1 saturated heterocycles. The van der Waals surface area contributed by atoms with Crippen LogP contribution in [0.15, 0.2) is 24.3 Å². The van der Waals surface area contributed by atoms with E-state index in [9.17, 15) is 4.79 Å². The van der Waals surface area contributed by atoms with E-state index in [-0.39, 0.29) is 11.9 Å². The van der Waals surface area contributed by atoms with Crippen LogP contribution in [0.2, 0.25) is 0 Å². The highest BCUT2D eigenvalue weighted by atomic mass is 16.5. The minimum absolute atomic E-state index is 0.0344. The summed E-state index contributed by atoms with van der Waals surface area (Å²) in [4.78, 5) is 14.3. The van der Waals surface area contributed by atoms with Crippen molar-refractivity contribution in [3.63, 3.8) is 0 Å². The van der Waals surface area contributed by atoms with E-state index in [1.807, 2.05) is 36.1 Å². The van der Waals surface area contributed by atoms with Gasteiger partial charge in [-0.05, 0) is 25.1 Å². The number of nitrogens with zero attached hydrogens (tertiary/aromatic N) is 1. The molecule has 1 fully saturated rings. The van der Waals surface area contributed by atoms with Crippen LogP contribution in [0.25, 0.3) is 0 Å². The number of morpholine rings is 1. The van der Waals surface area contributed by atoms with Gasteiger partial charge < -0.3 is 15.4 Å². The number of carbonyl (C=O) groups excluding carboxylic acids is 1. The van der Waals surface area contributed by atoms with Crippen molar-refractivity contribution in [2.24, 2.45) is 5.73 Å². The fourth-order valence-corrected chi connectivity index (χ4v) is 2.08. The van der Waals surface area contributed by atoms with Crippen LogP contribution in [0.1, 0.15) is 22.8 Å². The van der Waals surface area contributed by atoms with Crippen molar-refractivity contribution in [2.45, 2.75) is 13.0 Å². The maximum absolute atomic E-state index is 12.4. The number of carbonyl (C=O) groups is 1. The number of nitrogens with two attached hydrogens (primary N) is 1. The number of amides is 1. The Labute approximate surface area is 113 Å². The summed E-state index contributed by atoms with van der Waals surface area (Å²) in [6.07, 6.45) is 0. The van der Waals surface area contributed by atoms with E-state index < -0.39 is 0 Å². The van der Waals surface area contributed by atoms with E-state index in [1.54, 1.807) is 0 Å². The number of ether oxygens (including phenoxy) is 1. The van der Waals surface area contributed by atoms with Crippen molar-refractivity contribution in [3.8, 4) is 11.8 Å². The van der Waals surface area contributed by atoms with Crippen LogP contribution in [0.5, 0.6) is 0 Å². The quantitative estimate of drug-likeness (QED) is 0.760. The lowest BCUT2D eigenvalue weighted by Gasteiger charge is -2.33. The Balaban J connectivity index is 2.18. The Morgan fingerprint density at radius 3 is 3.16 bits per heavy atom. The van der Waals surface area contributed by atoms with E-state index in [4.69, 9.17) is 10.5 Å². The summed E-state index contributed by atoms with van der Waals surface area (Å²) in [6.45, 7) is 4.15. The van der Waals surface area contributed by atoms with Crippen LogP contribution in [0, 0.1) is 11.8 Å². The first-order chi connectivity index (χ1) is 9.22. The lowest BCUT2D eigenvalue weighted by atomic mass is 10.1. The topological polar surface area (TPSA) is 55.6 Å². The molecule has 4 nitrogen and oxygen atoms in total. The van der Waals surface area contributed by atoms with Crippen LogP contribution in [0.4, 0.5) is 0 Å². The van der Waals surface area contributed by atoms with Gasteiger partial charge in [0, 0.05) is 17.7 Å². The molecule has 2 N–H and O–H groups in total. The predicted octanol–water partition coefficient (Wildman–Crippen LogP) is 0.858. The van der Waals surface area contributed by atoms with Gasteiger partial charge in [0.2, 0.25) is 0 Å². The van der Waals surface area contributed by atoms with Gasteiger partial charge in [-0.2, -0.15) is 0 Å². The highest BCUT2D eigenvalue weighted by molar-refractivity contribution is 5.94. The molecular formula is C15H18N2O2. The van der Waals surface area contributed by atoms with Crippen molar-refractivity contribution in [2.75, 3.05) is 26.3 Å². The van der Waals surface area contributed by atoms with Crippen LogP contribution in [-0.2, 0) is 4.74 Å². The normalized spacial score (nSPS) is 18.6. The molecule has 1 aliphatic heterocycles.